The van der Waals surface area contributed by atoms with Gasteiger partial charge in [0.05, 0.1) is 26.9 Å². The molecule has 0 amide bonds. The predicted molar refractivity (Wildman–Crippen MR) is 98.6 cm³/mol. The number of hydrogen-bond donors (Lipinski definition) is 1. The van der Waals surface area contributed by atoms with Crippen molar-refractivity contribution in [1.82, 2.24) is 0 Å². The van der Waals surface area contributed by atoms with E-state index in [-0.39, 0.29) is 31.3 Å². The zero-order chi connectivity index (χ0) is 18.8. The Balaban J connectivity index is 1.52. The van der Waals surface area contributed by atoms with Crippen LogP contribution in [0.3, 0.4) is 0 Å². The highest BCUT2D eigenvalue weighted by atomic mass is 16.7. The van der Waals surface area contributed by atoms with E-state index >= 15 is 0 Å². The van der Waals surface area contributed by atoms with E-state index in [1.54, 1.807) is 14.2 Å². The minimum Gasteiger partial charge on any atom is -0.493 e. The van der Waals surface area contributed by atoms with Crippen LogP contribution < -0.4 is 18.9 Å². The lowest BCUT2D eigenvalue weighted by molar-refractivity contribution is 0.0717. The topological polar surface area (TPSA) is 66.4 Å². The monoisotopic (exact) mass is 372 g/mol. The van der Waals surface area contributed by atoms with Gasteiger partial charge < -0.3 is 28.8 Å². The first-order valence-corrected chi connectivity index (χ1v) is 9.06. The van der Waals surface area contributed by atoms with Gasteiger partial charge in [-0.3, -0.25) is 0 Å². The van der Waals surface area contributed by atoms with E-state index in [0.29, 0.717) is 18.1 Å². The Labute approximate surface area is 158 Å². The van der Waals surface area contributed by atoms with Gasteiger partial charge in [-0.25, -0.2) is 0 Å². The Morgan fingerprint density at radius 3 is 2.59 bits per heavy atom. The van der Waals surface area contributed by atoms with Crippen molar-refractivity contribution >= 4 is 0 Å². The fourth-order valence-corrected chi connectivity index (χ4v) is 3.92. The second-order valence-corrected chi connectivity index (χ2v) is 6.87. The van der Waals surface area contributed by atoms with Gasteiger partial charge in [-0.1, -0.05) is 12.1 Å². The predicted octanol–water partition coefficient (Wildman–Crippen LogP) is 2.97. The van der Waals surface area contributed by atoms with Crippen molar-refractivity contribution in [2.24, 2.45) is 11.8 Å². The second-order valence-electron chi connectivity index (χ2n) is 6.87. The van der Waals surface area contributed by atoms with E-state index in [0.717, 1.165) is 29.0 Å². The van der Waals surface area contributed by atoms with Crippen molar-refractivity contribution in [2.75, 3.05) is 34.2 Å². The summed E-state index contributed by atoms with van der Waals surface area (Å²) in [7, 11) is 3.23. The molecular formula is C21H24O6. The van der Waals surface area contributed by atoms with E-state index in [9.17, 15) is 5.11 Å². The summed E-state index contributed by atoms with van der Waals surface area (Å²) in [5.41, 5.74) is 2.14. The van der Waals surface area contributed by atoms with Gasteiger partial charge in [0.2, 0.25) is 6.79 Å². The van der Waals surface area contributed by atoms with Gasteiger partial charge >= 0.3 is 0 Å². The van der Waals surface area contributed by atoms with Crippen molar-refractivity contribution in [2.45, 2.75) is 12.5 Å². The van der Waals surface area contributed by atoms with Gasteiger partial charge in [0, 0.05) is 12.5 Å². The van der Waals surface area contributed by atoms with Gasteiger partial charge in [0.15, 0.2) is 23.0 Å². The number of ether oxygens (including phenoxy) is 5. The molecule has 0 saturated carbocycles. The van der Waals surface area contributed by atoms with E-state index < -0.39 is 0 Å². The number of aliphatic hydroxyl groups is 1. The van der Waals surface area contributed by atoms with Crippen LogP contribution in [0.4, 0.5) is 0 Å². The molecule has 2 heterocycles. The zero-order valence-electron chi connectivity index (χ0n) is 15.5. The van der Waals surface area contributed by atoms with E-state index in [4.69, 9.17) is 23.7 Å². The van der Waals surface area contributed by atoms with Crippen molar-refractivity contribution in [3.05, 3.63) is 47.5 Å². The number of methoxy groups -OCH3 is 2. The molecule has 6 nitrogen and oxygen atoms in total. The van der Waals surface area contributed by atoms with Gasteiger partial charge in [0.25, 0.3) is 0 Å². The minimum absolute atomic E-state index is 0.00789. The van der Waals surface area contributed by atoms with Gasteiger partial charge in [-0.2, -0.15) is 0 Å². The number of benzene rings is 2. The van der Waals surface area contributed by atoms with Crippen molar-refractivity contribution in [3.8, 4) is 23.0 Å². The maximum absolute atomic E-state index is 10.0. The highest BCUT2D eigenvalue weighted by molar-refractivity contribution is 5.45. The molecular weight excluding hydrogens is 348 g/mol. The highest BCUT2D eigenvalue weighted by Crippen LogP contribution is 2.42. The van der Waals surface area contributed by atoms with Crippen LogP contribution in [0, 0.1) is 11.8 Å². The van der Waals surface area contributed by atoms with Crippen molar-refractivity contribution in [3.63, 3.8) is 0 Å². The van der Waals surface area contributed by atoms with Crippen LogP contribution in [0.1, 0.15) is 17.2 Å². The molecule has 0 radical (unpaired) electrons. The summed E-state index contributed by atoms with van der Waals surface area (Å²) >= 11 is 0. The molecule has 27 heavy (non-hydrogen) atoms. The first kappa shape index (κ1) is 17.9. The molecule has 0 aliphatic carbocycles. The van der Waals surface area contributed by atoms with Crippen LogP contribution in [0.5, 0.6) is 23.0 Å². The summed E-state index contributed by atoms with van der Waals surface area (Å²) < 4.78 is 27.6. The zero-order valence-corrected chi connectivity index (χ0v) is 15.5. The van der Waals surface area contributed by atoms with Crippen LogP contribution in [0.25, 0.3) is 0 Å². The molecule has 1 N–H and O–H groups in total. The highest BCUT2D eigenvalue weighted by Gasteiger charge is 2.38. The quantitative estimate of drug-likeness (QED) is 0.841. The molecule has 3 unspecified atom stereocenters. The van der Waals surface area contributed by atoms with Gasteiger partial charge in [-0.15, -0.1) is 0 Å². The SMILES string of the molecule is COc1ccc(C2OCC(Cc3ccc4c(c3)OCO4)C2CO)cc1OC. The molecule has 2 aliphatic rings. The van der Waals surface area contributed by atoms with Crippen LogP contribution in [-0.2, 0) is 11.2 Å². The normalized spacial score (nSPS) is 23.4. The van der Waals surface area contributed by atoms with E-state index in [1.807, 2.05) is 36.4 Å². The fraction of sp³-hybridized carbons (Fsp3) is 0.429. The standard InChI is InChI=1S/C21H24O6/c1-23-17-6-4-14(9-19(17)24-2)21-16(10-22)15(11-25-21)7-13-3-5-18-20(8-13)27-12-26-18/h3-6,8-9,15-16,21-22H,7,10-12H2,1-2H3. The van der Waals surface area contributed by atoms with Gasteiger partial charge in [0.1, 0.15) is 0 Å². The Morgan fingerprint density at radius 2 is 1.81 bits per heavy atom. The molecule has 2 aliphatic heterocycles. The Hall–Kier alpha value is -2.44. The van der Waals surface area contributed by atoms with Crippen LogP contribution in [0.2, 0.25) is 0 Å². The molecule has 144 valence electrons. The Morgan fingerprint density at radius 1 is 1.00 bits per heavy atom. The lowest BCUT2D eigenvalue weighted by atomic mass is 9.84. The fourth-order valence-electron chi connectivity index (χ4n) is 3.92. The summed E-state index contributed by atoms with van der Waals surface area (Å²) in [6.45, 7) is 0.929. The van der Waals surface area contributed by atoms with Crippen molar-refractivity contribution < 1.29 is 28.8 Å². The van der Waals surface area contributed by atoms with Gasteiger partial charge in [-0.05, 0) is 47.7 Å². The maximum Gasteiger partial charge on any atom is 0.231 e. The molecule has 2 aromatic carbocycles. The minimum atomic E-state index is -0.172. The molecule has 4 rings (SSSR count). The molecule has 1 saturated heterocycles. The number of rotatable bonds is 6. The lowest BCUT2D eigenvalue weighted by Gasteiger charge is -2.22. The average molecular weight is 372 g/mol. The molecule has 1 fully saturated rings. The molecule has 0 spiro atoms. The summed E-state index contributed by atoms with van der Waals surface area (Å²) in [4.78, 5) is 0. The maximum atomic E-state index is 10.0. The number of aliphatic hydroxyl groups excluding tert-OH is 1. The molecule has 3 atom stereocenters. The third-order valence-electron chi connectivity index (χ3n) is 5.37. The van der Waals surface area contributed by atoms with Crippen LogP contribution in [0.15, 0.2) is 36.4 Å². The summed E-state index contributed by atoms with van der Waals surface area (Å²) in [5.74, 6) is 3.12. The van der Waals surface area contributed by atoms with E-state index in [1.165, 1.54) is 0 Å². The molecule has 6 heteroatoms. The largest absolute Gasteiger partial charge is 0.493 e. The number of fused-ring (bicyclic) bond motifs is 1. The van der Waals surface area contributed by atoms with E-state index in [2.05, 4.69) is 0 Å². The second kappa shape index (κ2) is 7.66. The lowest BCUT2D eigenvalue weighted by Crippen LogP contribution is -2.21. The molecule has 0 aromatic heterocycles. The number of hydrogen-bond acceptors (Lipinski definition) is 6. The molecule has 2 aromatic rings. The third kappa shape index (κ3) is 3.42. The average Bonchev–Trinajstić information content (AvgIpc) is 3.33. The molecule has 0 bridgehead atoms. The Kier molecular flexibility index (Phi) is 5.09. The first-order valence-electron chi connectivity index (χ1n) is 9.06. The third-order valence-corrected chi connectivity index (χ3v) is 5.37. The smallest absolute Gasteiger partial charge is 0.231 e. The van der Waals surface area contributed by atoms with Crippen LogP contribution >= 0.6 is 0 Å². The summed E-state index contributed by atoms with van der Waals surface area (Å²) in [5, 5.41) is 10.0. The van der Waals surface area contributed by atoms with Crippen LogP contribution in [-0.4, -0.2) is 39.3 Å². The van der Waals surface area contributed by atoms with Crippen molar-refractivity contribution in [1.29, 1.82) is 0 Å². The summed E-state index contributed by atoms with van der Waals surface area (Å²) in [6.07, 6.45) is 0.639. The summed E-state index contributed by atoms with van der Waals surface area (Å²) in [6, 6.07) is 11.8. The Bertz CT molecular complexity index is 805. The first-order chi connectivity index (χ1) is 13.2.